The molecule has 2 aliphatic heterocycles. The lowest BCUT2D eigenvalue weighted by Gasteiger charge is -2.04. The first-order chi connectivity index (χ1) is 20.6. The summed E-state index contributed by atoms with van der Waals surface area (Å²) in [5.41, 5.74) is 8.59. The number of allylic oxidation sites excluding steroid dienone is 1. The highest BCUT2D eigenvalue weighted by atomic mass is 15.1. The minimum atomic E-state index is 0.181. The number of nitrogens with one attached hydrogen (secondary N) is 2. The van der Waals surface area contributed by atoms with Gasteiger partial charge in [0.15, 0.2) is 23.3 Å². The van der Waals surface area contributed by atoms with Crippen LogP contribution in [0.25, 0.3) is 85.0 Å². The van der Waals surface area contributed by atoms with Gasteiger partial charge in [0.05, 0.1) is 0 Å². The third-order valence-electron chi connectivity index (χ3n) is 7.73. The van der Waals surface area contributed by atoms with Gasteiger partial charge in [-0.15, -0.1) is 0 Å². The van der Waals surface area contributed by atoms with E-state index in [1.54, 1.807) is 0 Å². The highest BCUT2D eigenvalue weighted by molar-refractivity contribution is 6.05. The van der Waals surface area contributed by atoms with Crippen molar-refractivity contribution in [3.63, 3.8) is 0 Å². The van der Waals surface area contributed by atoms with Gasteiger partial charge in [-0.25, -0.2) is 29.9 Å². The molecule has 42 heavy (non-hydrogen) atoms. The third kappa shape index (κ3) is 3.69. The highest BCUT2D eigenvalue weighted by Gasteiger charge is 2.23. The zero-order valence-electron chi connectivity index (χ0n) is 23.3. The lowest BCUT2D eigenvalue weighted by Crippen LogP contribution is -1.91. The van der Waals surface area contributed by atoms with Crippen molar-refractivity contribution in [3.05, 3.63) is 90.0 Å². The Hall–Kier alpha value is -5.50. The summed E-state index contributed by atoms with van der Waals surface area (Å²) in [5, 5.41) is 1.91. The van der Waals surface area contributed by atoms with Crippen molar-refractivity contribution >= 4 is 39.4 Å². The maximum Gasteiger partial charge on any atom is 0.164 e. The van der Waals surface area contributed by atoms with Crippen molar-refractivity contribution in [3.8, 4) is 45.6 Å². The summed E-state index contributed by atoms with van der Waals surface area (Å²) in [7, 11) is 0. The molecule has 8 nitrogen and oxygen atoms in total. The minimum Gasteiger partial charge on any atom is -0.324 e. The lowest BCUT2D eigenvalue weighted by atomic mass is 10.0. The first-order valence-corrected chi connectivity index (χ1v) is 14.1. The number of aromatic nitrogens is 8. The monoisotopic (exact) mass is 546 g/mol. The van der Waals surface area contributed by atoms with E-state index in [0.29, 0.717) is 40.2 Å². The van der Waals surface area contributed by atoms with Crippen LogP contribution in [0.3, 0.4) is 0 Å². The number of benzene rings is 3. The van der Waals surface area contributed by atoms with Crippen LogP contribution in [0.1, 0.15) is 37.8 Å². The van der Waals surface area contributed by atoms with Gasteiger partial charge in [0.2, 0.25) is 0 Å². The van der Waals surface area contributed by atoms with Crippen LogP contribution in [0, 0.1) is 0 Å². The summed E-state index contributed by atoms with van der Waals surface area (Å²) in [4.78, 5) is 37.2. The topological polar surface area (TPSA) is 109 Å². The summed E-state index contributed by atoms with van der Waals surface area (Å²) in [6, 6.07) is 24.3. The Kier molecular flexibility index (Phi) is 5.37. The predicted molar refractivity (Wildman–Crippen MR) is 167 cm³/mol. The fourth-order valence-corrected chi connectivity index (χ4v) is 5.87. The average molecular weight is 547 g/mol. The van der Waals surface area contributed by atoms with Gasteiger partial charge >= 0.3 is 0 Å². The van der Waals surface area contributed by atoms with E-state index < -0.39 is 0 Å². The molecule has 202 valence electrons. The maximum absolute atomic E-state index is 5.12. The number of hydrogen-bond acceptors (Lipinski definition) is 6. The second-order valence-corrected chi connectivity index (χ2v) is 10.7. The van der Waals surface area contributed by atoms with Crippen molar-refractivity contribution in [2.75, 3.05) is 0 Å². The number of H-pyrrole nitrogens is 2. The summed E-state index contributed by atoms with van der Waals surface area (Å²) in [6.45, 7) is 6.34. The van der Waals surface area contributed by atoms with E-state index in [1.165, 1.54) is 0 Å². The molecule has 0 radical (unpaired) electrons. The fraction of sp³-hybridized carbons (Fsp3) is 0.118. The van der Waals surface area contributed by atoms with Gasteiger partial charge in [0.1, 0.15) is 22.6 Å². The quantitative estimate of drug-likeness (QED) is 0.228. The van der Waals surface area contributed by atoms with Crippen molar-refractivity contribution < 1.29 is 0 Å². The van der Waals surface area contributed by atoms with Gasteiger partial charge < -0.3 is 9.97 Å². The van der Waals surface area contributed by atoms with Crippen LogP contribution < -0.4 is 0 Å². The van der Waals surface area contributed by atoms with Crippen LogP contribution in [-0.4, -0.2) is 39.9 Å². The number of nitrogens with zero attached hydrogens (tertiary/aromatic N) is 6. The van der Waals surface area contributed by atoms with E-state index in [1.807, 2.05) is 85.8 Å². The first-order valence-electron chi connectivity index (χ1n) is 14.1. The smallest absolute Gasteiger partial charge is 0.164 e. The highest BCUT2D eigenvalue weighted by Crippen LogP contribution is 2.37. The average Bonchev–Trinajstić information content (AvgIpc) is 3.73. The molecule has 2 N–H and O–H groups in total. The van der Waals surface area contributed by atoms with Gasteiger partial charge in [-0.2, -0.15) is 0 Å². The molecule has 0 fully saturated rings. The van der Waals surface area contributed by atoms with Gasteiger partial charge in [-0.1, -0.05) is 98.8 Å². The van der Waals surface area contributed by atoms with Crippen LogP contribution in [0.2, 0.25) is 0 Å². The Morgan fingerprint density at radius 2 is 0.929 bits per heavy atom. The van der Waals surface area contributed by atoms with Crippen molar-refractivity contribution in [1.82, 2.24) is 39.9 Å². The van der Waals surface area contributed by atoms with Gasteiger partial charge in [-0.3, -0.25) is 0 Å². The van der Waals surface area contributed by atoms with Gasteiger partial charge in [0, 0.05) is 44.2 Å². The predicted octanol–water partition coefficient (Wildman–Crippen LogP) is 7.87. The van der Waals surface area contributed by atoms with Crippen molar-refractivity contribution in [2.45, 2.75) is 26.7 Å². The van der Waals surface area contributed by atoms with E-state index in [-0.39, 0.29) is 5.92 Å². The number of fused-ring (bicyclic) bond motifs is 17. The fourth-order valence-electron chi connectivity index (χ4n) is 5.87. The summed E-state index contributed by atoms with van der Waals surface area (Å²) >= 11 is 0. The Morgan fingerprint density at radius 3 is 1.38 bits per heavy atom. The second-order valence-electron chi connectivity index (χ2n) is 10.7. The molecule has 6 aromatic rings. The molecule has 0 amide bonds. The molecule has 0 unspecified atom stereocenters. The molecule has 8 heteroatoms. The Labute approximate surface area is 241 Å². The summed E-state index contributed by atoms with van der Waals surface area (Å²) in [6.07, 6.45) is 4.11. The summed E-state index contributed by atoms with van der Waals surface area (Å²) in [5.74, 6) is 2.59. The molecule has 5 heterocycles. The molecule has 2 aliphatic rings. The standard InChI is InChI=1S/C34H26N8/c1-4-11-25-26(18(2)3)34-41-32-24-17-10-9-16-23(24)30(39-32)37-28-20-13-6-5-12-19(20)27(35-28)36-29-21-14-7-8-15-22(21)31(38-29)40-33(25)42-34/h4-18H,1-3H3,(H2,35,36,37,38,39,40,41,42)/b11-4-. The number of aromatic amines is 2. The van der Waals surface area contributed by atoms with Gasteiger partial charge in [0.25, 0.3) is 0 Å². The maximum atomic E-state index is 5.12. The zero-order valence-corrected chi connectivity index (χ0v) is 23.3. The second kappa shape index (κ2) is 9.27. The van der Waals surface area contributed by atoms with Crippen LogP contribution in [0.5, 0.6) is 0 Å². The normalized spacial score (nSPS) is 12.3. The van der Waals surface area contributed by atoms with Crippen molar-refractivity contribution in [2.24, 2.45) is 0 Å². The Morgan fingerprint density at radius 1 is 0.524 bits per heavy atom. The molecule has 0 saturated carbocycles. The Bertz CT molecular complexity index is 2250. The SMILES string of the molecule is C/C=C\c1c(C(C)C)c2nc3nc(nc4[nH]c(nc5nc(nc1[nH]2)-c1ccccc1-5)c1ccccc41)-c1ccccc1-3. The third-order valence-corrected chi connectivity index (χ3v) is 7.73. The molecule has 0 atom stereocenters. The van der Waals surface area contributed by atoms with Crippen LogP contribution in [0.15, 0.2) is 78.9 Å². The van der Waals surface area contributed by atoms with E-state index in [0.717, 1.165) is 49.8 Å². The van der Waals surface area contributed by atoms with E-state index in [9.17, 15) is 0 Å². The van der Waals surface area contributed by atoms with E-state index in [2.05, 4.69) is 29.9 Å². The molecule has 3 aromatic heterocycles. The first kappa shape index (κ1) is 24.3. The molecule has 0 aliphatic carbocycles. The molecule has 3 aromatic carbocycles. The minimum absolute atomic E-state index is 0.181. The number of hydrogen-bond donors (Lipinski definition) is 2. The summed E-state index contributed by atoms with van der Waals surface area (Å²) < 4.78 is 0. The zero-order chi connectivity index (χ0) is 28.4. The van der Waals surface area contributed by atoms with Gasteiger partial charge in [-0.05, 0) is 12.8 Å². The molecular formula is C34H26N8. The van der Waals surface area contributed by atoms with Crippen molar-refractivity contribution in [1.29, 1.82) is 0 Å². The Balaban J connectivity index is 1.60. The van der Waals surface area contributed by atoms with E-state index in [4.69, 9.17) is 29.9 Å². The molecule has 0 saturated heterocycles. The lowest BCUT2D eigenvalue weighted by molar-refractivity contribution is 0.872. The largest absolute Gasteiger partial charge is 0.324 e. The molecular weight excluding hydrogens is 520 g/mol. The molecule has 8 bridgehead atoms. The van der Waals surface area contributed by atoms with Crippen LogP contribution in [-0.2, 0) is 0 Å². The van der Waals surface area contributed by atoms with Crippen LogP contribution >= 0.6 is 0 Å². The molecule has 8 rings (SSSR count). The van der Waals surface area contributed by atoms with E-state index >= 15 is 0 Å². The molecule has 0 spiro atoms. The van der Waals surface area contributed by atoms with Crippen LogP contribution in [0.4, 0.5) is 0 Å². The number of rotatable bonds is 2.